The quantitative estimate of drug-likeness (QED) is 0.0454. The Kier molecular flexibility index (Phi) is 21.9. The second-order valence-electron chi connectivity index (χ2n) is 16.2. The summed E-state index contributed by atoms with van der Waals surface area (Å²) in [6.45, 7) is 20.6. The Morgan fingerprint density at radius 1 is 0.921 bits per heavy atom. The van der Waals surface area contributed by atoms with Gasteiger partial charge in [-0.15, -0.1) is 0 Å². The van der Waals surface area contributed by atoms with Crippen molar-refractivity contribution in [3.8, 4) is 11.3 Å². The number of carboxylic acids is 1. The Bertz CT molecular complexity index is 2290. The third-order valence-corrected chi connectivity index (χ3v) is 12.2. The molecule has 1 aliphatic carbocycles. The summed E-state index contributed by atoms with van der Waals surface area (Å²) < 4.78 is 79.0. The van der Waals surface area contributed by atoms with Gasteiger partial charge in [0.1, 0.15) is 24.6 Å². The smallest absolute Gasteiger partial charge is 0.303 e. The zero-order valence-corrected chi connectivity index (χ0v) is 40.6. The topological polar surface area (TPSA) is 204 Å². The number of nitrogens with zero attached hydrogens (tertiary/aromatic N) is 2. The molecule has 0 spiro atoms. The van der Waals surface area contributed by atoms with E-state index in [9.17, 15) is 40.6 Å². The average molecular weight is 919 g/mol. The number of amides is 1. The number of unbranched alkanes of at least 4 members (excludes halogenated alkanes) is 2. The molecule has 1 aromatic rings. The molecule has 14 nitrogen and oxygen atoms in total. The number of aliphatic carboxylic acids is 1. The predicted molar refractivity (Wildman–Crippen MR) is 253 cm³/mol. The van der Waals surface area contributed by atoms with Gasteiger partial charge in [0, 0.05) is 67.0 Å². The van der Waals surface area contributed by atoms with E-state index in [1.54, 1.807) is 13.2 Å². The first-order valence-electron chi connectivity index (χ1n) is 22.0. The van der Waals surface area contributed by atoms with Crippen molar-refractivity contribution in [1.29, 1.82) is 0 Å². The van der Waals surface area contributed by atoms with Crippen molar-refractivity contribution < 1.29 is 49.8 Å². The lowest BCUT2D eigenvalue weighted by molar-refractivity contribution is -0.137. The Balaban J connectivity index is 0.00000331. The van der Waals surface area contributed by atoms with Crippen LogP contribution in [0.15, 0.2) is 64.7 Å². The van der Waals surface area contributed by atoms with Crippen LogP contribution in [0.5, 0.6) is 0 Å². The summed E-state index contributed by atoms with van der Waals surface area (Å²) >= 11 is 0. The molecule has 0 fully saturated rings. The van der Waals surface area contributed by atoms with Crippen LogP contribution in [0.3, 0.4) is 0 Å². The van der Waals surface area contributed by atoms with Crippen LogP contribution in [-0.2, 0) is 40.6 Å². The van der Waals surface area contributed by atoms with Crippen molar-refractivity contribution in [2.75, 3.05) is 56.3 Å². The zero-order chi connectivity index (χ0) is 47.6. The normalized spacial score (nSPS) is 16.3. The van der Waals surface area contributed by atoms with Gasteiger partial charge in [-0.1, -0.05) is 61.0 Å². The zero-order valence-electron chi connectivity index (χ0n) is 39.0. The summed E-state index contributed by atoms with van der Waals surface area (Å²) in [5, 5.41) is 12.9. The number of anilines is 1. The number of allylic oxidation sites excluding steroid dienone is 3. The van der Waals surface area contributed by atoms with Crippen LogP contribution >= 0.6 is 0 Å². The van der Waals surface area contributed by atoms with E-state index >= 15 is 0 Å². The predicted octanol–water partition coefficient (Wildman–Crippen LogP) is 8.17. The third kappa shape index (κ3) is 16.6. The van der Waals surface area contributed by atoms with Crippen LogP contribution in [-0.4, -0.2) is 94.3 Å². The molecular weight excluding hydrogens is 847 g/mol. The molecule has 3 aliphatic rings. The summed E-state index contributed by atoms with van der Waals surface area (Å²) in [5.41, 5.74) is 3.88. The van der Waals surface area contributed by atoms with Gasteiger partial charge in [-0.3, -0.25) is 18.7 Å². The highest BCUT2D eigenvalue weighted by molar-refractivity contribution is 7.86. The van der Waals surface area contributed by atoms with Gasteiger partial charge < -0.3 is 24.5 Å². The second kappa shape index (κ2) is 25.2. The fraction of sp³-hybridized carbons (Fsp3) is 0.553. The Hall–Kier alpha value is -4.35. The number of ether oxygens (including phenoxy) is 1. The number of hydrogen-bond acceptors (Lipinski definition) is 9. The van der Waals surface area contributed by atoms with Crippen molar-refractivity contribution in [2.24, 2.45) is 0 Å². The van der Waals surface area contributed by atoms with Gasteiger partial charge in [0.15, 0.2) is 0 Å². The van der Waals surface area contributed by atoms with E-state index in [2.05, 4.69) is 31.0 Å². The third-order valence-electron chi connectivity index (χ3n) is 10.6. The summed E-state index contributed by atoms with van der Waals surface area (Å²) in [4.78, 5) is 26.6. The molecule has 0 aromatic heterocycles. The van der Waals surface area contributed by atoms with Gasteiger partial charge in [-0.25, -0.2) is 4.58 Å². The van der Waals surface area contributed by atoms with Gasteiger partial charge in [0.2, 0.25) is 5.36 Å². The summed E-state index contributed by atoms with van der Waals surface area (Å²) in [6, 6.07) is 13.4. The lowest BCUT2D eigenvalue weighted by Gasteiger charge is -2.30. The second-order valence-corrected chi connectivity index (χ2v) is 19.3. The molecule has 0 radical (unpaired) electrons. The van der Waals surface area contributed by atoms with Crippen LogP contribution in [0.1, 0.15) is 135 Å². The van der Waals surface area contributed by atoms with E-state index in [-0.39, 0.29) is 36.3 Å². The number of methoxy groups -OCH3 is 1. The molecule has 4 N–H and O–H groups in total. The largest absolute Gasteiger partial charge is 0.481 e. The highest BCUT2D eigenvalue weighted by Crippen LogP contribution is 2.51. The van der Waals surface area contributed by atoms with E-state index in [1.807, 2.05) is 101 Å². The van der Waals surface area contributed by atoms with Crippen LogP contribution in [0.25, 0.3) is 17.4 Å². The molecule has 63 heavy (non-hydrogen) atoms. The highest BCUT2D eigenvalue weighted by Gasteiger charge is 2.43. The van der Waals surface area contributed by atoms with Crippen molar-refractivity contribution in [3.05, 3.63) is 88.1 Å². The maximum atomic E-state index is 13.2. The van der Waals surface area contributed by atoms with Gasteiger partial charge >= 0.3 is 5.97 Å². The van der Waals surface area contributed by atoms with Crippen molar-refractivity contribution in [1.82, 2.24) is 9.89 Å². The maximum absolute atomic E-state index is 13.2. The van der Waals surface area contributed by atoms with E-state index in [0.717, 1.165) is 33.4 Å². The average Bonchev–Trinajstić information content (AvgIpc) is 3.44. The minimum atomic E-state index is -4.24. The maximum Gasteiger partial charge on any atom is 0.303 e. The summed E-state index contributed by atoms with van der Waals surface area (Å²) in [7, 11) is -6.77. The van der Waals surface area contributed by atoms with E-state index < -0.39 is 37.4 Å². The molecule has 0 saturated heterocycles. The number of nitrogens with one attached hydrogen (secondary N) is 1. The molecule has 1 aromatic carbocycles. The Morgan fingerprint density at radius 3 is 2.19 bits per heavy atom. The molecule has 2 aliphatic heterocycles. The summed E-state index contributed by atoms with van der Waals surface area (Å²) in [6.07, 6.45) is 8.37. The number of carbonyl (C=O) groups is 2. The van der Waals surface area contributed by atoms with Crippen LogP contribution < -0.4 is 20.1 Å². The molecule has 352 valence electrons. The monoisotopic (exact) mass is 918 g/mol. The molecule has 16 heteroatoms. The van der Waals surface area contributed by atoms with Crippen molar-refractivity contribution in [3.63, 3.8) is 0 Å². The number of carbonyl (C=O) groups excluding carboxylic acids is 1. The first-order valence-corrected chi connectivity index (χ1v) is 25.2. The van der Waals surface area contributed by atoms with Gasteiger partial charge in [0.05, 0.1) is 24.2 Å². The number of carboxylic acid groups (broad SMARTS) is 1. The summed E-state index contributed by atoms with van der Waals surface area (Å²) in [5.74, 6) is -0.690. The van der Waals surface area contributed by atoms with Gasteiger partial charge in [-0.2, -0.15) is 16.8 Å². The van der Waals surface area contributed by atoms with E-state index in [0.29, 0.717) is 75.6 Å². The fourth-order valence-electron chi connectivity index (χ4n) is 7.63. The Morgan fingerprint density at radius 2 is 1.59 bits per heavy atom. The Labute approximate surface area is 376 Å². The molecular formula is C47H72N3O11S2+. The number of benzene rings is 2. The van der Waals surface area contributed by atoms with Crippen molar-refractivity contribution >= 4 is 43.9 Å². The number of rotatable bonds is 21. The number of hydrogen-bond donors (Lipinski definition) is 4. The lowest BCUT2D eigenvalue weighted by Crippen LogP contribution is -2.31. The van der Waals surface area contributed by atoms with Crippen molar-refractivity contribution in [2.45, 2.75) is 118 Å². The molecule has 1 amide bonds. The minimum Gasteiger partial charge on any atom is -0.481 e. The fourth-order valence-corrected chi connectivity index (χ4v) is 8.64. The molecule has 1 unspecified atom stereocenters. The minimum absolute atomic E-state index is 0.0642. The first-order chi connectivity index (χ1) is 29.7. The van der Waals surface area contributed by atoms with Crippen LogP contribution in [0, 0.1) is 0 Å². The van der Waals surface area contributed by atoms with E-state index in [1.165, 1.54) is 0 Å². The van der Waals surface area contributed by atoms with E-state index in [4.69, 9.17) is 9.15 Å². The molecule has 1 atom stereocenters. The van der Waals surface area contributed by atoms with Crippen LogP contribution in [0.2, 0.25) is 0 Å². The highest BCUT2D eigenvalue weighted by atomic mass is 32.2. The first kappa shape index (κ1) is 54.8. The van der Waals surface area contributed by atoms with Crippen LogP contribution in [0.4, 0.5) is 5.69 Å². The van der Waals surface area contributed by atoms with Gasteiger partial charge in [0.25, 0.3) is 26.1 Å². The molecule has 2 heterocycles. The molecule has 0 saturated carbocycles. The SMILES string of the molecule is CC.CC.CC[N+](CCCS(=O)(=O)O)=c1ccc2c(C(C)(C)C)cc(/C=C/C=C3/N(CCCCCC(=O)O)c4ccc(C(=O)NCCOC)cc4C3(C)CCCS(=O)(=O)O)oc-2c1. The van der Waals surface area contributed by atoms with Gasteiger partial charge in [-0.05, 0) is 98.6 Å². The number of fused-ring (bicyclic) bond motifs is 2. The molecule has 0 bridgehead atoms. The standard InChI is InChI=1S/C43H59N3O11S2.2C2H6/c1-7-45(23-13-27-59(53,54)55)32-18-19-34-35(42(2,3)4)30-33(57-38(34)29-32)14-11-15-39-43(5,21-12-26-58(50,51)52)36-28-31(41(49)44-22-25-56-6)17-20-37(36)46(39)24-10-8-9-16-40(47)48;2*1-2/h11,14-15,17-20,28-30H,7-10,12-13,16,21-27H2,1-6H3,(H3-,44,47,48,49,50,51,52,53,54,55);2*1-2H3/p+1. The lowest BCUT2D eigenvalue weighted by atomic mass is 9.77. The molecule has 4 rings (SSSR count).